The molecule has 28 heavy (non-hydrogen) atoms. The van der Waals surface area contributed by atoms with E-state index in [-0.39, 0.29) is 28.8 Å². The number of quaternary nitrogens is 1. The number of Topliss-reactive ketones (excluding diaryl/α,β-unsaturated/α-hetero) is 1. The fourth-order valence-electron chi connectivity index (χ4n) is 7.09. The van der Waals surface area contributed by atoms with E-state index >= 15 is 0 Å². The van der Waals surface area contributed by atoms with E-state index in [2.05, 4.69) is 13.1 Å². The molecule has 3 aliphatic carbocycles. The molecule has 0 amide bonds. The quantitative estimate of drug-likeness (QED) is 0.600. The molecule has 6 heteroatoms. The highest BCUT2D eigenvalue weighted by atomic mass is 79.9. The lowest BCUT2D eigenvalue weighted by molar-refractivity contribution is -0.950. The lowest BCUT2D eigenvalue weighted by atomic mass is 9.48. The SMILES string of the molecule is COc1ccc2c3c1O[C@H]1C(=O)CC[C@@]4(O)[C@@H](C2)[N+](C)(CC2CC2)CC[C@]314.[Br-]. The molecule has 2 aliphatic heterocycles. The van der Waals surface area contributed by atoms with Crippen molar-refractivity contribution >= 4 is 5.78 Å². The standard InChI is InChI=1S/C22H28NO4.BrH/c1-23(12-13-3-4-13)10-9-21-18-14-5-6-16(26-2)19(18)27-20(21)15(24)7-8-22(21,25)17(23)11-14;/h5-6,13,17,20,25H,3-4,7-12H2,1-2H3;1H/q+1;/p-1/t17-,20+,21+,22-,23?;/m1./s1. The van der Waals surface area contributed by atoms with Gasteiger partial charge in [0.15, 0.2) is 23.4 Å². The second-order valence-electron chi connectivity index (χ2n) is 9.79. The van der Waals surface area contributed by atoms with Crippen LogP contribution in [0.15, 0.2) is 12.1 Å². The van der Waals surface area contributed by atoms with Crippen molar-refractivity contribution in [2.75, 3.05) is 27.2 Å². The zero-order valence-electron chi connectivity index (χ0n) is 16.5. The van der Waals surface area contributed by atoms with E-state index in [4.69, 9.17) is 9.47 Å². The summed E-state index contributed by atoms with van der Waals surface area (Å²) >= 11 is 0. The molecule has 1 aromatic rings. The van der Waals surface area contributed by atoms with Crippen molar-refractivity contribution in [1.29, 1.82) is 0 Å². The summed E-state index contributed by atoms with van der Waals surface area (Å²) in [6.07, 6.45) is 4.74. The van der Waals surface area contributed by atoms with E-state index in [1.807, 2.05) is 6.07 Å². The van der Waals surface area contributed by atoms with Gasteiger partial charge in [0.05, 0.1) is 32.7 Å². The minimum atomic E-state index is -0.877. The highest BCUT2D eigenvalue weighted by Gasteiger charge is 2.76. The minimum Gasteiger partial charge on any atom is -1.00 e. The van der Waals surface area contributed by atoms with Crippen molar-refractivity contribution in [3.05, 3.63) is 23.3 Å². The maximum atomic E-state index is 12.9. The van der Waals surface area contributed by atoms with Gasteiger partial charge in [-0.15, -0.1) is 0 Å². The van der Waals surface area contributed by atoms with Gasteiger partial charge in [-0.2, -0.15) is 0 Å². The Morgan fingerprint density at radius 2 is 2.11 bits per heavy atom. The number of methoxy groups -OCH3 is 1. The topological polar surface area (TPSA) is 55.8 Å². The molecule has 0 radical (unpaired) electrons. The van der Waals surface area contributed by atoms with Crippen molar-refractivity contribution in [3.8, 4) is 11.5 Å². The molecular weight excluding hydrogens is 422 g/mol. The van der Waals surface area contributed by atoms with Crippen molar-refractivity contribution in [3.63, 3.8) is 0 Å². The summed E-state index contributed by atoms with van der Waals surface area (Å²) in [5, 5.41) is 12.3. The number of carbonyl (C=O) groups is 1. The van der Waals surface area contributed by atoms with Crippen LogP contribution in [0.3, 0.4) is 0 Å². The summed E-state index contributed by atoms with van der Waals surface area (Å²) in [6.45, 7) is 2.16. The Bertz CT molecular complexity index is 870. The normalized spacial score (nSPS) is 42.3. The van der Waals surface area contributed by atoms with Crippen molar-refractivity contribution < 1.29 is 40.8 Å². The fraction of sp³-hybridized carbons (Fsp3) is 0.682. The summed E-state index contributed by atoms with van der Waals surface area (Å²) in [4.78, 5) is 12.9. The van der Waals surface area contributed by atoms with Gasteiger partial charge in [-0.05, 0) is 30.9 Å². The molecule has 1 saturated heterocycles. The first-order valence-corrected chi connectivity index (χ1v) is 10.4. The molecule has 1 N–H and O–H groups in total. The highest BCUT2D eigenvalue weighted by molar-refractivity contribution is 5.90. The molecular formula is C22H28BrNO4. The molecule has 1 aromatic carbocycles. The molecule has 6 rings (SSSR count). The third-order valence-electron chi connectivity index (χ3n) is 8.48. The number of nitrogens with zero attached hydrogens (tertiary/aromatic N) is 1. The molecule has 3 fully saturated rings. The summed E-state index contributed by atoms with van der Waals surface area (Å²) in [5.74, 6) is 2.35. The van der Waals surface area contributed by atoms with E-state index in [1.54, 1.807) is 7.11 Å². The summed E-state index contributed by atoms with van der Waals surface area (Å²) < 4.78 is 12.8. The number of ether oxygens (including phenoxy) is 2. The Morgan fingerprint density at radius 3 is 2.82 bits per heavy atom. The van der Waals surface area contributed by atoms with E-state index < -0.39 is 17.1 Å². The first-order chi connectivity index (χ1) is 12.9. The number of likely N-dealkylation sites (tertiary alicyclic amines) is 1. The van der Waals surface area contributed by atoms with E-state index in [0.29, 0.717) is 24.3 Å². The Kier molecular flexibility index (Phi) is 3.87. The van der Waals surface area contributed by atoms with Crippen LogP contribution in [0, 0.1) is 5.92 Å². The minimum absolute atomic E-state index is 0. The number of aliphatic hydroxyl groups is 1. The summed E-state index contributed by atoms with van der Waals surface area (Å²) in [6, 6.07) is 4.25. The van der Waals surface area contributed by atoms with Crippen LogP contribution >= 0.6 is 0 Å². The monoisotopic (exact) mass is 449 g/mol. The van der Waals surface area contributed by atoms with Crippen LogP contribution in [0.1, 0.15) is 43.2 Å². The number of carbonyl (C=O) groups excluding carboxylic acids is 1. The average Bonchev–Trinajstić information content (AvgIpc) is 3.37. The van der Waals surface area contributed by atoms with Gasteiger partial charge in [-0.25, -0.2) is 0 Å². The van der Waals surface area contributed by atoms with Crippen LogP contribution < -0.4 is 26.5 Å². The van der Waals surface area contributed by atoms with Crippen molar-refractivity contribution in [2.24, 2.45) is 5.92 Å². The number of hydrogen-bond donors (Lipinski definition) is 1. The number of benzene rings is 1. The maximum Gasteiger partial charge on any atom is 0.174 e. The Labute approximate surface area is 176 Å². The van der Waals surface area contributed by atoms with Crippen molar-refractivity contribution in [2.45, 2.75) is 61.7 Å². The number of halogens is 1. The molecule has 1 unspecified atom stereocenters. The first-order valence-electron chi connectivity index (χ1n) is 10.4. The number of hydrogen-bond acceptors (Lipinski definition) is 4. The van der Waals surface area contributed by atoms with Crippen LogP contribution in [0.2, 0.25) is 0 Å². The predicted molar refractivity (Wildman–Crippen MR) is 99.0 cm³/mol. The van der Waals surface area contributed by atoms with E-state index in [1.165, 1.54) is 18.4 Å². The number of piperidine rings is 1. The number of rotatable bonds is 3. The lowest BCUT2D eigenvalue weighted by Crippen LogP contribution is -3.00. The third-order valence-corrected chi connectivity index (χ3v) is 8.48. The molecule has 0 aromatic heterocycles. The second kappa shape index (κ2) is 5.73. The van der Waals surface area contributed by atoms with Gasteiger partial charge in [0.1, 0.15) is 11.6 Å². The maximum absolute atomic E-state index is 12.9. The average molecular weight is 450 g/mol. The Morgan fingerprint density at radius 1 is 1.32 bits per heavy atom. The molecule has 5 nitrogen and oxygen atoms in total. The molecule has 5 atom stereocenters. The van der Waals surface area contributed by atoms with Crippen LogP contribution in [0.25, 0.3) is 0 Å². The molecule has 5 aliphatic rings. The van der Waals surface area contributed by atoms with Crippen LogP contribution in [-0.2, 0) is 16.6 Å². The molecule has 2 heterocycles. The number of ketones is 1. The van der Waals surface area contributed by atoms with Gasteiger partial charge < -0.3 is 36.0 Å². The van der Waals surface area contributed by atoms with Crippen LogP contribution in [0.5, 0.6) is 11.5 Å². The smallest absolute Gasteiger partial charge is 0.174 e. The van der Waals surface area contributed by atoms with Gasteiger partial charge >= 0.3 is 0 Å². The third kappa shape index (κ3) is 2.02. The van der Waals surface area contributed by atoms with Gasteiger partial charge in [0.2, 0.25) is 0 Å². The van der Waals surface area contributed by atoms with Gasteiger partial charge in [-0.3, -0.25) is 4.79 Å². The van der Waals surface area contributed by atoms with E-state index in [0.717, 1.165) is 41.9 Å². The van der Waals surface area contributed by atoms with Gasteiger partial charge in [-0.1, -0.05) is 6.07 Å². The molecule has 1 spiro atoms. The molecule has 2 saturated carbocycles. The van der Waals surface area contributed by atoms with Crippen LogP contribution in [-0.4, -0.2) is 60.4 Å². The fourth-order valence-corrected chi connectivity index (χ4v) is 7.09. The Hall–Kier alpha value is -1.11. The molecule has 2 bridgehead atoms. The zero-order valence-corrected chi connectivity index (χ0v) is 18.1. The molecule has 152 valence electrons. The Balaban J connectivity index is 0.00000171. The first kappa shape index (κ1) is 18.9. The summed E-state index contributed by atoms with van der Waals surface area (Å²) in [5.41, 5.74) is 0.859. The predicted octanol–water partition coefficient (Wildman–Crippen LogP) is -1.02. The van der Waals surface area contributed by atoms with Crippen molar-refractivity contribution in [1.82, 2.24) is 0 Å². The van der Waals surface area contributed by atoms with Crippen LogP contribution in [0.4, 0.5) is 0 Å². The van der Waals surface area contributed by atoms with Gasteiger partial charge in [0.25, 0.3) is 0 Å². The lowest BCUT2D eigenvalue weighted by Gasteiger charge is -2.64. The zero-order chi connectivity index (χ0) is 18.6. The largest absolute Gasteiger partial charge is 1.00 e. The van der Waals surface area contributed by atoms with Gasteiger partial charge in [0, 0.05) is 30.7 Å². The van der Waals surface area contributed by atoms with E-state index in [9.17, 15) is 9.90 Å². The summed E-state index contributed by atoms with van der Waals surface area (Å²) in [7, 11) is 3.98. The highest BCUT2D eigenvalue weighted by Crippen LogP contribution is 2.66. The number of likely N-dealkylation sites (N-methyl/N-ethyl adjacent to an activating group) is 1. The second-order valence-corrected chi connectivity index (χ2v) is 9.79.